The minimum absolute atomic E-state index is 0. The smallest absolute Gasteiger partial charge is 0.242 e. The van der Waals surface area contributed by atoms with Gasteiger partial charge in [0.15, 0.2) is 0 Å². The van der Waals surface area contributed by atoms with Gasteiger partial charge in [-0.3, -0.25) is 4.79 Å². The van der Waals surface area contributed by atoms with E-state index in [4.69, 9.17) is 9.47 Å². The molecule has 0 radical (unpaired) electrons. The molecule has 1 fully saturated rings. The van der Waals surface area contributed by atoms with E-state index in [-0.39, 0.29) is 18.3 Å². The highest BCUT2D eigenvalue weighted by Gasteiger charge is 2.37. The molecule has 1 heterocycles. The molecule has 0 bridgehead atoms. The molecule has 5 nitrogen and oxygen atoms in total. The minimum atomic E-state index is -0.417. The van der Waals surface area contributed by atoms with Crippen LogP contribution < -0.4 is 5.32 Å². The van der Waals surface area contributed by atoms with Crippen LogP contribution in [0.3, 0.4) is 0 Å². The number of methoxy groups -OCH3 is 2. The number of nitrogens with zero attached hydrogens (tertiary/aromatic N) is 1. The highest BCUT2D eigenvalue weighted by molar-refractivity contribution is 5.86. The lowest BCUT2D eigenvalue weighted by Gasteiger charge is -2.38. The Kier molecular flexibility index (Phi) is 9.35. The summed E-state index contributed by atoms with van der Waals surface area (Å²) in [6.45, 7) is 5.29. The van der Waals surface area contributed by atoms with Gasteiger partial charge in [0.2, 0.25) is 5.91 Å². The quantitative estimate of drug-likeness (QED) is 0.763. The molecule has 1 unspecified atom stereocenters. The van der Waals surface area contributed by atoms with Crippen LogP contribution in [0.4, 0.5) is 0 Å². The van der Waals surface area contributed by atoms with Crippen LogP contribution in [-0.2, 0) is 14.3 Å². The zero-order valence-corrected chi connectivity index (χ0v) is 13.1. The lowest BCUT2D eigenvalue weighted by atomic mass is 9.89. The van der Waals surface area contributed by atoms with Crippen molar-refractivity contribution in [3.05, 3.63) is 0 Å². The molecule has 1 atom stereocenters. The number of halogens is 1. The van der Waals surface area contributed by atoms with E-state index < -0.39 is 5.54 Å². The maximum absolute atomic E-state index is 12.6. The number of nitrogens with one attached hydrogen (secondary N) is 1. The summed E-state index contributed by atoms with van der Waals surface area (Å²) in [7, 11) is 3.30. The van der Waals surface area contributed by atoms with Gasteiger partial charge < -0.3 is 19.7 Å². The van der Waals surface area contributed by atoms with Crippen LogP contribution in [-0.4, -0.2) is 63.4 Å². The molecule has 1 saturated heterocycles. The molecule has 0 aromatic heterocycles. The van der Waals surface area contributed by atoms with Gasteiger partial charge in [0, 0.05) is 27.3 Å². The summed E-state index contributed by atoms with van der Waals surface area (Å²) >= 11 is 0. The second kappa shape index (κ2) is 9.53. The molecule has 0 aromatic carbocycles. The normalized spacial score (nSPS) is 22.7. The van der Waals surface area contributed by atoms with Crippen LogP contribution in [0.25, 0.3) is 0 Å². The summed E-state index contributed by atoms with van der Waals surface area (Å²) in [6, 6.07) is 0. The summed E-state index contributed by atoms with van der Waals surface area (Å²) in [5.41, 5.74) is -0.417. The summed E-state index contributed by atoms with van der Waals surface area (Å²) < 4.78 is 10.1. The summed E-state index contributed by atoms with van der Waals surface area (Å²) in [4.78, 5) is 14.4. The average Bonchev–Trinajstić information content (AvgIpc) is 2.39. The Bertz CT molecular complexity index is 250. The zero-order valence-electron chi connectivity index (χ0n) is 12.2. The number of piperidine rings is 1. The molecule has 1 N–H and O–H groups in total. The third-order valence-corrected chi connectivity index (χ3v) is 3.51. The fourth-order valence-corrected chi connectivity index (χ4v) is 2.31. The van der Waals surface area contributed by atoms with Gasteiger partial charge in [0.05, 0.1) is 18.8 Å². The fourth-order valence-electron chi connectivity index (χ4n) is 2.31. The van der Waals surface area contributed by atoms with E-state index in [2.05, 4.69) is 5.32 Å². The van der Waals surface area contributed by atoms with Crippen molar-refractivity contribution in [3.8, 4) is 0 Å². The molecule has 1 aliphatic rings. The lowest BCUT2D eigenvalue weighted by molar-refractivity contribution is -0.140. The molecule has 0 spiro atoms. The van der Waals surface area contributed by atoms with Crippen molar-refractivity contribution in [2.24, 2.45) is 0 Å². The number of amides is 1. The van der Waals surface area contributed by atoms with Gasteiger partial charge in [0.1, 0.15) is 0 Å². The van der Waals surface area contributed by atoms with Crippen molar-refractivity contribution in [3.63, 3.8) is 0 Å². The standard InChI is InChI=1S/C13H26N2O3.ClH/c1-13(6-4-5-7-14-13)12(16)15(8-10-17-2)9-11-18-3;/h14H,4-11H2,1-3H3;1H. The van der Waals surface area contributed by atoms with Gasteiger partial charge >= 0.3 is 0 Å². The molecular formula is C13H27ClN2O3. The lowest BCUT2D eigenvalue weighted by Crippen LogP contribution is -2.58. The number of ether oxygens (including phenoxy) is 2. The van der Waals surface area contributed by atoms with E-state index in [0.717, 1.165) is 25.8 Å². The van der Waals surface area contributed by atoms with Crippen LogP contribution in [0.2, 0.25) is 0 Å². The summed E-state index contributed by atoms with van der Waals surface area (Å²) in [5.74, 6) is 0.163. The Labute approximate surface area is 122 Å². The van der Waals surface area contributed by atoms with Gasteiger partial charge in [0.25, 0.3) is 0 Å². The molecule has 1 amide bonds. The molecule has 1 rings (SSSR count). The Morgan fingerprint density at radius 2 is 1.79 bits per heavy atom. The second-order valence-corrected chi connectivity index (χ2v) is 4.99. The minimum Gasteiger partial charge on any atom is -0.383 e. The van der Waals surface area contributed by atoms with E-state index in [1.165, 1.54) is 0 Å². The van der Waals surface area contributed by atoms with Crippen molar-refractivity contribution < 1.29 is 14.3 Å². The topological polar surface area (TPSA) is 50.8 Å². The summed E-state index contributed by atoms with van der Waals surface area (Å²) in [6.07, 6.45) is 3.17. The number of hydrogen-bond donors (Lipinski definition) is 1. The molecule has 0 aliphatic carbocycles. The van der Waals surface area contributed by atoms with Crippen molar-refractivity contribution in [2.75, 3.05) is 47.1 Å². The maximum Gasteiger partial charge on any atom is 0.242 e. The van der Waals surface area contributed by atoms with Crippen molar-refractivity contribution >= 4 is 18.3 Å². The number of hydrogen-bond acceptors (Lipinski definition) is 4. The van der Waals surface area contributed by atoms with E-state index >= 15 is 0 Å². The largest absolute Gasteiger partial charge is 0.383 e. The van der Waals surface area contributed by atoms with Gasteiger partial charge in [-0.1, -0.05) is 0 Å². The van der Waals surface area contributed by atoms with Crippen molar-refractivity contribution in [1.82, 2.24) is 10.2 Å². The highest BCUT2D eigenvalue weighted by Crippen LogP contribution is 2.21. The molecular weight excluding hydrogens is 268 g/mol. The predicted molar refractivity (Wildman–Crippen MR) is 77.8 cm³/mol. The van der Waals surface area contributed by atoms with Gasteiger partial charge in [-0.25, -0.2) is 0 Å². The molecule has 1 aliphatic heterocycles. The number of rotatable bonds is 7. The van der Waals surface area contributed by atoms with Crippen LogP contribution in [0, 0.1) is 0 Å². The highest BCUT2D eigenvalue weighted by atomic mass is 35.5. The van der Waals surface area contributed by atoms with Gasteiger partial charge in [-0.2, -0.15) is 0 Å². The van der Waals surface area contributed by atoms with Crippen LogP contribution in [0.1, 0.15) is 26.2 Å². The van der Waals surface area contributed by atoms with E-state index in [1.54, 1.807) is 14.2 Å². The first kappa shape index (κ1) is 18.6. The Morgan fingerprint density at radius 1 is 1.21 bits per heavy atom. The predicted octanol–water partition coefficient (Wildman–Crippen LogP) is 1.06. The van der Waals surface area contributed by atoms with E-state index in [0.29, 0.717) is 26.3 Å². The average molecular weight is 295 g/mol. The zero-order chi connectivity index (χ0) is 13.4. The first-order valence-electron chi connectivity index (χ1n) is 6.66. The first-order valence-corrected chi connectivity index (χ1v) is 6.66. The number of carbonyl (C=O) groups is 1. The van der Waals surface area contributed by atoms with Crippen LogP contribution >= 0.6 is 12.4 Å². The Morgan fingerprint density at radius 3 is 2.21 bits per heavy atom. The SMILES string of the molecule is COCCN(CCOC)C(=O)C1(C)CCCCN1.Cl. The Balaban J connectivity index is 0.00000324. The molecule has 19 heavy (non-hydrogen) atoms. The summed E-state index contributed by atoms with van der Waals surface area (Å²) in [5, 5.41) is 3.36. The monoisotopic (exact) mass is 294 g/mol. The van der Waals surface area contributed by atoms with Crippen molar-refractivity contribution in [2.45, 2.75) is 31.7 Å². The second-order valence-electron chi connectivity index (χ2n) is 4.99. The van der Waals surface area contributed by atoms with Crippen LogP contribution in [0.5, 0.6) is 0 Å². The van der Waals surface area contributed by atoms with E-state index in [9.17, 15) is 4.79 Å². The van der Waals surface area contributed by atoms with Gasteiger partial charge in [-0.15, -0.1) is 12.4 Å². The molecule has 6 heteroatoms. The maximum atomic E-state index is 12.6. The molecule has 0 aromatic rings. The molecule has 0 saturated carbocycles. The van der Waals surface area contributed by atoms with Crippen LogP contribution in [0.15, 0.2) is 0 Å². The number of carbonyl (C=O) groups excluding carboxylic acids is 1. The molecule has 114 valence electrons. The Hall–Kier alpha value is -0.360. The van der Waals surface area contributed by atoms with Crippen molar-refractivity contribution in [1.29, 1.82) is 0 Å². The third kappa shape index (κ3) is 5.65. The van der Waals surface area contributed by atoms with Gasteiger partial charge in [-0.05, 0) is 32.7 Å². The van der Waals surface area contributed by atoms with E-state index in [1.807, 2.05) is 11.8 Å². The first-order chi connectivity index (χ1) is 8.64. The third-order valence-electron chi connectivity index (χ3n) is 3.51. The fraction of sp³-hybridized carbons (Fsp3) is 0.923.